The molecule has 0 aliphatic rings. The van der Waals surface area contributed by atoms with Crippen LogP contribution in [0.15, 0.2) is 24.3 Å². The van der Waals surface area contributed by atoms with Crippen molar-refractivity contribution in [3.8, 4) is 0 Å². The summed E-state index contributed by atoms with van der Waals surface area (Å²) in [4.78, 5) is 10.3. The Hall–Kier alpha value is -1.42. The maximum Gasteiger partial charge on any atom is 0.304 e. The molecule has 0 heterocycles. The van der Waals surface area contributed by atoms with Crippen LogP contribution in [-0.4, -0.2) is 17.1 Å². The monoisotopic (exact) mass is 197 g/mol. The van der Waals surface area contributed by atoms with Crippen LogP contribution in [0.3, 0.4) is 0 Å². The van der Waals surface area contributed by atoms with Gasteiger partial charge in [0.1, 0.15) is 5.82 Å². The van der Waals surface area contributed by atoms with Crippen molar-refractivity contribution in [3.05, 3.63) is 35.6 Å². The molecular weight excluding hydrogens is 185 g/mol. The van der Waals surface area contributed by atoms with E-state index in [4.69, 9.17) is 10.8 Å². The van der Waals surface area contributed by atoms with E-state index in [1.54, 1.807) is 18.2 Å². The summed E-state index contributed by atoms with van der Waals surface area (Å²) in [6.07, 6.45) is 0.104. The molecular formula is C10H12FNO2. The molecule has 0 fully saturated rings. The first kappa shape index (κ1) is 10.7. The molecule has 0 aromatic heterocycles. The van der Waals surface area contributed by atoms with Crippen LogP contribution in [0.1, 0.15) is 12.0 Å². The molecule has 3 N–H and O–H groups in total. The summed E-state index contributed by atoms with van der Waals surface area (Å²) in [6, 6.07) is 5.69. The van der Waals surface area contributed by atoms with E-state index in [1.807, 2.05) is 0 Å². The lowest BCUT2D eigenvalue weighted by molar-refractivity contribution is -0.137. The number of nitrogens with two attached hydrogens (primary N) is 1. The molecule has 0 spiro atoms. The summed E-state index contributed by atoms with van der Waals surface area (Å²) in [5, 5.41) is 8.46. The quantitative estimate of drug-likeness (QED) is 0.761. The van der Waals surface area contributed by atoms with Crippen LogP contribution < -0.4 is 5.73 Å². The Kier molecular flexibility index (Phi) is 3.59. The van der Waals surface area contributed by atoms with Crippen LogP contribution in [0.25, 0.3) is 0 Å². The minimum Gasteiger partial charge on any atom is -0.481 e. The molecule has 0 saturated heterocycles. The Bertz CT molecular complexity index is 328. The average Bonchev–Trinajstić information content (AvgIpc) is 2.07. The lowest BCUT2D eigenvalue weighted by atomic mass is 10.0. The molecule has 0 saturated carbocycles. The van der Waals surface area contributed by atoms with E-state index in [9.17, 15) is 9.18 Å². The molecule has 1 aromatic rings. The Labute approximate surface area is 81.4 Å². The number of hydrogen-bond donors (Lipinski definition) is 2. The van der Waals surface area contributed by atoms with Crippen molar-refractivity contribution in [3.63, 3.8) is 0 Å². The lowest BCUT2D eigenvalue weighted by Crippen LogP contribution is -2.26. The number of carbonyl (C=O) groups is 1. The van der Waals surface area contributed by atoms with Gasteiger partial charge >= 0.3 is 5.97 Å². The zero-order valence-corrected chi connectivity index (χ0v) is 7.61. The van der Waals surface area contributed by atoms with Crippen LogP contribution in [-0.2, 0) is 11.2 Å². The van der Waals surface area contributed by atoms with Gasteiger partial charge in [-0.2, -0.15) is 0 Å². The molecule has 4 heteroatoms. The zero-order chi connectivity index (χ0) is 10.6. The van der Waals surface area contributed by atoms with E-state index >= 15 is 0 Å². The van der Waals surface area contributed by atoms with Crippen molar-refractivity contribution in [2.24, 2.45) is 5.73 Å². The average molecular weight is 197 g/mol. The summed E-state index contributed by atoms with van der Waals surface area (Å²) in [6.45, 7) is 0. The van der Waals surface area contributed by atoms with Crippen molar-refractivity contribution in [2.75, 3.05) is 0 Å². The number of carboxylic acid groups (broad SMARTS) is 1. The van der Waals surface area contributed by atoms with Crippen molar-refractivity contribution in [1.29, 1.82) is 0 Å². The minimum atomic E-state index is -0.964. The maximum atomic E-state index is 13.1. The van der Waals surface area contributed by atoms with Crippen LogP contribution in [0.4, 0.5) is 4.39 Å². The predicted molar refractivity (Wildman–Crippen MR) is 50.3 cm³/mol. The van der Waals surface area contributed by atoms with Crippen LogP contribution in [0.2, 0.25) is 0 Å². The van der Waals surface area contributed by atoms with Gasteiger partial charge in [-0.1, -0.05) is 18.2 Å². The number of benzene rings is 1. The highest BCUT2D eigenvalue weighted by molar-refractivity contribution is 5.67. The Morgan fingerprint density at radius 2 is 2.14 bits per heavy atom. The molecule has 0 unspecified atom stereocenters. The highest BCUT2D eigenvalue weighted by Crippen LogP contribution is 2.09. The summed E-state index contributed by atoms with van der Waals surface area (Å²) < 4.78 is 13.1. The zero-order valence-electron chi connectivity index (χ0n) is 7.61. The van der Waals surface area contributed by atoms with Gasteiger partial charge in [0, 0.05) is 6.04 Å². The standard InChI is InChI=1S/C10H12FNO2/c11-9-4-2-1-3-7(9)5-8(12)6-10(13)14/h1-4,8H,5-6,12H2,(H,13,14)/t8-/m0/s1. The Morgan fingerprint density at radius 1 is 1.50 bits per heavy atom. The molecule has 0 aliphatic heterocycles. The summed E-state index contributed by atoms with van der Waals surface area (Å²) in [5.74, 6) is -1.30. The molecule has 0 aliphatic carbocycles. The van der Waals surface area contributed by atoms with Gasteiger partial charge in [-0.15, -0.1) is 0 Å². The summed E-state index contributed by atoms with van der Waals surface area (Å²) in [7, 11) is 0. The van der Waals surface area contributed by atoms with Crippen LogP contribution >= 0.6 is 0 Å². The third kappa shape index (κ3) is 3.14. The predicted octanol–water partition coefficient (Wildman–Crippen LogP) is 1.17. The topological polar surface area (TPSA) is 63.3 Å². The third-order valence-electron chi connectivity index (χ3n) is 1.88. The molecule has 76 valence electrons. The normalized spacial score (nSPS) is 12.4. The highest BCUT2D eigenvalue weighted by Gasteiger charge is 2.10. The second-order valence-corrected chi connectivity index (χ2v) is 3.15. The number of carboxylic acids is 1. The third-order valence-corrected chi connectivity index (χ3v) is 1.88. The van der Waals surface area contributed by atoms with Crippen molar-refractivity contribution in [1.82, 2.24) is 0 Å². The Morgan fingerprint density at radius 3 is 2.71 bits per heavy atom. The molecule has 1 atom stereocenters. The van der Waals surface area contributed by atoms with Gasteiger partial charge in [0.15, 0.2) is 0 Å². The largest absolute Gasteiger partial charge is 0.481 e. The van der Waals surface area contributed by atoms with Gasteiger partial charge in [-0.05, 0) is 18.1 Å². The number of hydrogen-bond acceptors (Lipinski definition) is 2. The van der Waals surface area contributed by atoms with Gasteiger partial charge in [-0.25, -0.2) is 4.39 Å². The molecule has 1 aromatic carbocycles. The fourth-order valence-corrected chi connectivity index (χ4v) is 1.24. The van der Waals surface area contributed by atoms with Gasteiger partial charge in [-0.3, -0.25) is 4.79 Å². The van der Waals surface area contributed by atoms with E-state index in [2.05, 4.69) is 0 Å². The summed E-state index contributed by atoms with van der Waals surface area (Å²) in [5.41, 5.74) is 5.99. The van der Waals surface area contributed by atoms with Gasteiger partial charge in [0.2, 0.25) is 0 Å². The van der Waals surface area contributed by atoms with Gasteiger partial charge < -0.3 is 10.8 Å². The molecule has 3 nitrogen and oxygen atoms in total. The summed E-state index contributed by atoms with van der Waals surface area (Å²) >= 11 is 0. The highest BCUT2D eigenvalue weighted by atomic mass is 19.1. The van der Waals surface area contributed by atoms with Gasteiger partial charge in [0.25, 0.3) is 0 Å². The molecule has 0 amide bonds. The van der Waals surface area contributed by atoms with Gasteiger partial charge in [0.05, 0.1) is 6.42 Å². The first-order valence-electron chi connectivity index (χ1n) is 4.30. The molecule has 0 bridgehead atoms. The van der Waals surface area contributed by atoms with Crippen molar-refractivity contribution in [2.45, 2.75) is 18.9 Å². The first-order chi connectivity index (χ1) is 6.59. The second kappa shape index (κ2) is 4.72. The number of halogens is 1. The van der Waals surface area contributed by atoms with Crippen LogP contribution in [0.5, 0.6) is 0 Å². The van der Waals surface area contributed by atoms with E-state index in [0.717, 1.165) is 0 Å². The SMILES string of the molecule is N[C@H](CC(=O)O)Cc1ccccc1F. The van der Waals surface area contributed by atoms with Crippen molar-refractivity contribution < 1.29 is 14.3 Å². The van der Waals surface area contributed by atoms with E-state index in [0.29, 0.717) is 5.56 Å². The minimum absolute atomic E-state index is 0.145. The first-order valence-corrected chi connectivity index (χ1v) is 4.30. The van der Waals surface area contributed by atoms with E-state index in [1.165, 1.54) is 6.07 Å². The lowest BCUT2D eigenvalue weighted by Gasteiger charge is -2.09. The van der Waals surface area contributed by atoms with E-state index in [-0.39, 0.29) is 18.7 Å². The van der Waals surface area contributed by atoms with Crippen molar-refractivity contribution >= 4 is 5.97 Å². The fraction of sp³-hybridized carbons (Fsp3) is 0.300. The van der Waals surface area contributed by atoms with E-state index < -0.39 is 12.0 Å². The second-order valence-electron chi connectivity index (χ2n) is 3.15. The molecule has 0 radical (unpaired) electrons. The van der Waals surface area contributed by atoms with Crippen LogP contribution in [0, 0.1) is 5.82 Å². The number of aliphatic carboxylic acids is 1. The number of rotatable bonds is 4. The fourth-order valence-electron chi connectivity index (χ4n) is 1.24. The Balaban J connectivity index is 2.60. The smallest absolute Gasteiger partial charge is 0.304 e. The molecule has 14 heavy (non-hydrogen) atoms. The maximum absolute atomic E-state index is 13.1. The molecule has 1 rings (SSSR count).